The van der Waals surface area contributed by atoms with Crippen LogP contribution in [0.3, 0.4) is 0 Å². The number of amides is 1. The minimum Gasteiger partial charge on any atom is -0.494 e. The second-order valence-electron chi connectivity index (χ2n) is 4.34. The van der Waals surface area contributed by atoms with Gasteiger partial charge in [-0.3, -0.25) is 4.79 Å². The number of hydrogen-bond donors (Lipinski definition) is 2. The fourth-order valence-corrected chi connectivity index (χ4v) is 1.86. The van der Waals surface area contributed by atoms with Gasteiger partial charge in [-0.1, -0.05) is 36.4 Å². The molecule has 2 aromatic carbocycles. The van der Waals surface area contributed by atoms with E-state index in [4.69, 9.17) is 10.5 Å². The summed E-state index contributed by atoms with van der Waals surface area (Å²) in [6, 6.07) is 15.8. The number of nitrogens with one attached hydrogen (secondary N) is 1. The highest BCUT2D eigenvalue weighted by Crippen LogP contribution is 2.19. The lowest BCUT2D eigenvalue weighted by Crippen LogP contribution is -2.27. The standard InChI is InChI=1S/C16H18N2O2/c1-2-20-14-10-6-9-13(11-14)18-16(19)15(17)12-7-4-3-5-8-12/h3-11,15H,2,17H2,1H3,(H,18,19). The molecule has 20 heavy (non-hydrogen) atoms. The first-order valence-electron chi connectivity index (χ1n) is 6.55. The van der Waals surface area contributed by atoms with Gasteiger partial charge in [0.05, 0.1) is 6.61 Å². The Morgan fingerprint density at radius 3 is 2.65 bits per heavy atom. The molecule has 0 saturated heterocycles. The Morgan fingerprint density at radius 1 is 1.20 bits per heavy atom. The van der Waals surface area contributed by atoms with Crippen molar-refractivity contribution in [1.29, 1.82) is 0 Å². The van der Waals surface area contributed by atoms with Gasteiger partial charge in [0, 0.05) is 11.8 Å². The Hall–Kier alpha value is -2.33. The lowest BCUT2D eigenvalue weighted by atomic mass is 10.1. The smallest absolute Gasteiger partial charge is 0.245 e. The zero-order chi connectivity index (χ0) is 14.4. The van der Waals surface area contributed by atoms with Crippen molar-refractivity contribution in [1.82, 2.24) is 0 Å². The Bertz CT molecular complexity index is 570. The summed E-state index contributed by atoms with van der Waals surface area (Å²) in [4.78, 5) is 12.1. The number of nitrogens with two attached hydrogens (primary N) is 1. The lowest BCUT2D eigenvalue weighted by Gasteiger charge is -2.13. The monoisotopic (exact) mass is 270 g/mol. The zero-order valence-electron chi connectivity index (χ0n) is 11.4. The predicted octanol–water partition coefficient (Wildman–Crippen LogP) is 2.72. The van der Waals surface area contributed by atoms with Crippen molar-refractivity contribution in [3.63, 3.8) is 0 Å². The van der Waals surface area contributed by atoms with Crippen LogP contribution in [0.5, 0.6) is 5.75 Å². The van der Waals surface area contributed by atoms with E-state index in [0.717, 1.165) is 11.3 Å². The summed E-state index contributed by atoms with van der Waals surface area (Å²) in [5.74, 6) is 0.475. The average molecular weight is 270 g/mol. The van der Waals surface area contributed by atoms with Gasteiger partial charge in [-0.15, -0.1) is 0 Å². The molecule has 3 N–H and O–H groups in total. The molecule has 104 valence electrons. The van der Waals surface area contributed by atoms with Crippen LogP contribution in [0.1, 0.15) is 18.5 Å². The quantitative estimate of drug-likeness (QED) is 0.878. The Labute approximate surface area is 118 Å². The molecular weight excluding hydrogens is 252 g/mol. The van der Waals surface area contributed by atoms with Gasteiger partial charge in [0.1, 0.15) is 11.8 Å². The van der Waals surface area contributed by atoms with Crippen LogP contribution < -0.4 is 15.8 Å². The van der Waals surface area contributed by atoms with Crippen LogP contribution in [-0.4, -0.2) is 12.5 Å². The summed E-state index contributed by atoms with van der Waals surface area (Å²) in [6.07, 6.45) is 0. The topological polar surface area (TPSA) is 64.3 Å². The third-order valence-corrected chi connectivity index (χ3v) is 2.85. The van der Waals surface area contributed by atoms with E-state index in [1.807, 2.05) is 49.4 Å². The zero-order valence-corrected chi connectivity index (χ0v) is 11.4. The van der Waals surface area contributed by atoms with Crippen LogP contribution in [-0.2, 0) is 4.79 Å². The average Bonchev–Trinajstić information content (AvgIpc) is 2.48. The van der Waals surface area contributed by atoms with Gasteiger partial charge in [-0.25, -0.2) is 0 Å². The number of ether oxygens (including phenoxy) is 1. The summed E-state index contributed by atoms with van der Waals surface area (Å²) in [5.41, 5.74) is 7.40. The molecule has 1 unspecified atom stereocenters. The van der Waals surface area contributed by atoms with E-state index >= 15 is 0 Å². The number of carbonyl (C=O) groups excluding carboxylic acids is 1. The van der Waals surface area contributed by atoms with Crippen LogP contribution in [0, 0.1) is 0 Å². The second kappa shape index (κ2) is 6.73. The van der Waals surface area contributed by atoms with Gasteiger partial charge in [0.2, 0.25) is 5.91 Å². The van der Waals surface area contributed by atoms with E-state index in [-0.39, 0.29) is 5.91 Å². The van der Waals surface area contributed by atoms with Crippen molar-refractivity contribution < 1.29 is 9.53 Å². The number of rotatable bonds is 5. The Kier molecular flexibility index (Phi) is 4.74. The van der Waals surface area contributed by atoms with Gasteiger partial charge < -0.3 is 15.8 Å². The van der Waals surface area contributed by atoms with E-state index in [0.29, 0.717) is 12.3 Å². The summed E-state index contributed by atoms with van der Waals surface area (Å²) in [5, 5.41) is 2.80. The highest BCUT2D eigenvalue weighted by atomic mass is 16.5. The summed E-state index contributed by atoms with van der Waals surface area (Å²) in [6.45, 7) is 2.50. The molecule has 0 aliphatic heterocycles. The lowest BCUT2D eigenvalue weighted by molar-refractivity contribution is -0.117. The van der Waals surface area contributed by atoms with E-state index in [1.165, 1.54) is 0 Å². The predicted molar refractivity (Wildman–Crippen MR) is 79.6 cm³/mol. The van der Waals surface area contributed by atoms with Crippen LogP contribution in [0.15, 0.2) is 54.6 Å². The molecule has 0 saturated carbocycles. The van der Waals surface area contributed by atoms with Crippen LogP contribution >= 0.6 is 0 Å². The van der Waals surface area contributed by atoms with Crippen molar-refractivity contribution in [3.05, 3.63) is 60.2 Å². The molecule has 0 bridgehead atoms. The van der Waals surface area contributed by atoms with Gasteiger partial charge >= 0.3 is 0 Å². The first kappa shape index (κ1) is 14.1. The fourth-order valence-electron chi connectivity index (χ4n) is 1.86. The molecule has 0 spiro atoms. The third kappa shape index (κ3) is 3.59. The van der Waals surface area contributed by atoms with Crippen LogP contribution in [0.2, 0.25) is 0 Å². The number of hydrogen-bond acceptors (Lipinski definition) is 3. The van der Waals surface area contributed by atoms with Crippen molar-refractivity contribution in [3.8, 4) is 5.75 Å². The summed E-state index contributed by atoms with van der Waals surface area (Å²) in [7, 11) is 0. The maximum absolute atomic E-state index is 12.1. The van der Waals surface area contributed by atoms with E-state index < -0.39 is 6.04 Å². The van der Waals surface area contributed by atoms with Crippen molar-refractivity contribution >= 4 is 11.6 Å². The largest absolute Gasteiger partial charge is 0.494 e. The highest BCUT2D eigenvalue weighted by molar-refractivity contribution is 5.95. The molecule has 4 nitrogen and oxygen atoms in total. The van der Waals surface area contributed by atoms with Crippen LogP contribution in [0.4, 0.5) is 5.69 Å². The van der Waals surface area contributed by atoms with Gasteiger partial charge in [-0.05, 0) is 24.6 Å². The van der Waals surface area contributed by atoms with E-state index in [1.54, 1.807) is 12.1 Å². The molecule has 1 atom stereocenters. The molecule has 0 aliphatic carbocycles. The minimum absolute atomic E-state index is 0.246. The molecule has 1 amide bonds. The first-order valence-corrected chi connectivity index (χ1v) is 6.55. The van der Waals surface area contributed by atoms with Gasteiger partial charge in [-0.2, -0.15) is 0 Å². The Balaban J connectivity index is 2.06. The van der Waals surface area contributed by atoms with Gasteiger partial charge in [0.15, 0.2) is 0 Å². The molecular formula is C16H18N2O2. The van der Waals surface area contributed by atoms with Crippen molar-refractivity contribution in [2.75, 3.05) is 11.9 Å². The van der Waals surface area contributed by atoms with Gasteiger partial charge in [0.25, 0.3) is 0 Å². The van der Waals surface area contributed by atoms with E-state index in [9.17, 15) is 4.79 Å². The molecule has 0 aliphatic rings. The molecule has 0 aromatic heterocycles. The SMILES string of the molecule is CCOc1cccc(NC(=O)C(N)c2ccccc2)c1. The first-order chi connectivity index (χ1) is 9.70. The van der Waals surface area contributed by atoms with Crippen LogP contribution in [0.25, 0.3) is 0 Å². The summed E-state index contributed by atoms with van der Waals surface area (Å²) >= 11 is 0. The van der Waals surface area contributed by atoms with Crippen molar-refractivity contribution in [2.45, 2.75) is 13.0 Å². The number of carbonyl (C=O) groups is 1. The molecule has 2 aromatic rings. The second-order valence-corrected chi connectivity index (χ2v) is 4.34. The molecule has 0 heterocycles. The maximum Gasteiger partial charge on any atom is 0.245 e. The number of anilines is 1. The minimum atomic E-state index is -0.688. The maximum atomic E-state index is 12.1. The fraction of sp³-hybridized carbons (Fsp3) is 0.188. The molecule has 0 fully saturated rings. The van der Waals surface area contributed by atoms with Crippen molar-refractivity contribution in [2.24, 2.45) is 5.73 Å². The Morgan fingerprint density at radius 2 is 1.95 bits per heavy atom. The molecule has 0 radical (unpaired) electrons. The normalized spacial score (nSPS) is 11.7. The summed E-state index contributed by atoms with van der Waals surface area (Å²) < 4.78 is 5.39. The number of benzene rings is 2. The molecule has 4 heteroatoms. The molecule has 2 rings (SSSR count). The third-order valence-electron chi connectivity index (χ3n) is 2.85. The highest BCUT2D eigenvalue weighted by Gasteiger charge is 2.15. The van der Waals surface area contributed by atoms with E-state index in [2.05, 4.69) is 5.32 Å².